The highest BCUT2D eigenvalue weighted by Crippen LogP contribution is 2.42. The fraction of sp³-hybridized carbons (Fsp3) is 0.887. The second kappa shape index (κ2) is 39.0. The summed E-state index contributed by atoms with van der Waals surface area (Å²) < 4.78 is 1.33. The van der Waals surface area contributed by atoms with Gasteiger partial charge < -0.3 is 16.9 Å². The van der Waals surface area contributed by atoms with E-state index < -0.39 is 0 Å². The first-order chi connectivity index (χ1) is 26.5. The third kappa shape index (κ3) is 26.2. The molecule has 2 atom stereocenters. The van der Waals surface area contributed by atoms with Crippen LogP contribution in [0.2, 0.25) is 0 Å². The fourth-order valence-corrected chi connectivity index (χ4v) is 9.80. The van der Waals surface area contributed by atoms with E-state index in [1.54, 1.807) is 5.56 Å². The summed E-state index contributed by atoms with van der Waals surface area (Å²) in [5.41, 5.74) is 3.35. The van der Waals surface area contributed by atoms with Crippen molar-refractivity contribution in [2.75, 3.05) is 19.6 Å². The van der Waals surface area contributed by atoms with E-state index in [2.05, 4.69) is 65.8 Å². The molecule has 326 valence electrons. The Morgan fingerprint density at radius 1 is 0.364 bits per heavy atom. The molecule has 0 saturated heterocycles. The Bertz CT molecular complexity index is 913. The van der Waals surface area contributed by atoms with E-state index in [1.807, 2.05) is 0 Å². The number of unbranched alkanes of at least 4 members (excludes halogenated alkanes) is 33. The summed E-state index contributed by atoms with van der Waals surface area (Å²) in [5.74, 6) is 0. The van der Waals surface area contributed by atoms with Gasteiger partial charge in [0.25, 0.3) is 0 Å². The van der Waals surface area contributed by atoms with Gasteiger partial charge in [-0.25, -0.2) is 0 Å². The monoisotopic (exact) mass is 788 g/mol. The predicted octanol–water partition coefficient (Wildman–Crippen LogP) is 15.5. The van der Waals surface area contributed by atoms with Gasteiger partial charge >= 0.3 is 0 Å². The molecule has 1 aromatic rings. The highest BCUT2D eigenvalue weighted by atomic mass is 35.5. The Hall–Kier alpha value is -0.530. The number of nitrogens with zero attached hydrogens (tertiary/aromatic N) is 1. The predicted molar refractivity (Wildman–Crippen MR) is 247 cm³/mol. The fourth-order valence-electron chi connectivity index (χ4n) is 9.80. The van der Waals surface area contributed by atoms with Gasteiger partial charge in [0, 0.05) is 12.0 Å². The Morgan fingerprint density at radius 2 is 0.600 bits per heavy atom. The summed E-state index contributed by atoms with van der Waals surface area (Å²) in [6.07, 6.45) is 53.2. The topological polar surface area (TPSA) is 0 Å². The highest BCUT2D eigenvalue weighted by molar-refractivity contribution is 5.31. The number of halogens is 1. The molecule has 0 aliphatic rings. The lowest BCUT2D eigenvalue weighted by atomic mass is 9.81. The van der Waals surface area contributed by atoms with Gasteiger partial charge in [0.05, 0.1) is 19.6 Å². The smallest absolute Gasteiger partial charge is 0.122 e. The lowest BCUT2D eigenvalue weighted by Gasteiger charge is -2.53. The molecule has 0 amide bonds. The van der Waals surface area contributed by atoms with Crippen molar-refractivity contribution in [3.05, 3.63) is 35.4 Å². The lowest BCUT2D eigenvalue weighted by molar-refractivity contribution is -0.983. The van der Waals surface area contributed by atoms with Gasteiger partial charge in [-0.2, -0.15) is 0 Å². The van der Waals surface area contributed by atoms with Gasteiger partial charge in [0.15, 0.2) is 0 Å². The minimum absolute atomic E-state index is 0. The quantitative estimate of drug-likeness (QED) is 0.0457. The summed E-state index contributed by atoms with van der Waals surface area (Å²) in [6, 6.07) is 9.51. The van der Waals surface area contributed by atoms with E-state index in [-0.39, 0.29) is 17.9 Å². The summed E-state index contributed by atoms with van der Waals surface area (Å²) in [7, 11) is 0. The van der Waals surface area contributed by atoms with Crippen molar-refractivity contribution in [1.29, 1.82) is 0 Å². The molecule has 0 N–H and O–H groups in total. The van der Waals surface area contributed by atoms with Crippen molar-refractivity contribution >= 4 is 0 Å². The van der Waals surface area contributed by atoms with Crippen LogP contribution in [0.5, 0.6) is 0 Å². The van der Waals surface area contributed by atoms with Crippen molar-refractivity contribution in [3.8, 4) is 0 Å². The van der Waals surface area contributed by atoms with Crippen LogP contribution in [0.3, 0.4) is 0 Å². The summed E-state index contributed by atoms with van der Waals surface area (Å²) in [4.78, 5) is 0. The summed E-state index contributed by atoms with van der Waals surface area (Å²) in [6.45, 7) is 18.7. The Kier molecular flexibility index (Phi) is 38.6. The van der Waals surface area contributed by atoms with Gasteiger partial charge in [-0.1, -0.05) is 245 Å². The first-order valence-electron chi connectivity index (χ1n) is 25.4. The molecule has 0 aliphatic heterocycles. The second-order valence-corrected chi connectivity index (χ2v) is 18.4. The standard InChI is InChI=1S/C53H102N.ClH/c1-7-11-14-17-20-23-26-28-29-31-34-37-40-45-50-54(48-43-38-35-32-25-22-19-16-13-9-3,53(6,10-4)52-47-42-41-46-51(52)5)49-44-39-36-33-30-27-24-21-18-15-12-8-2;/h41-42,46-47H,7-40,43-45,48-50H2,1-6H3;1H/q+1;/p-1. The lowest BCUT2D eigenvalue weighted by Crippen LogP contribution is -3.00. The van der Waals surface area contributed by atoms with Crippen molar-refractivity contribution in [2.45, 2.75) is 285 Å². The van der Waals surface area contributed by atoms with Crippen LogP contribution in [-0.2, 0) is 5.54 Å². The van der Waals surface area contributed by atoms with E-state index in [0.717, 1.165) is 0 Å². The summed E-state index contributed by atoms with van der Waals surface area (Å²) in [5, 5.41) is 0. The van der Waals surface area contributed by atoms with Crippen LogP contribution in [0, 0.1) is 6.92 Å². The third-order valence-corrected chi connectivity index (χ3v) is 13.8. The zero-order valence-corrected chi connectivity index (χ0v) is 39.7. The molecule has 0 aromatic heterocycles. The maximum Gasteiger partial charge on any atom is 0.122 e. The number of rotatable bonds is 42. The SMILES string of the molecule is CCCCCCCCCCCCCCCC[N+](CCCCCCCCCCCC)(CCCCCCCCCCCCCC)C(C)(CC)c1ccccc1C.[Cl-]. The first kappa shape index (κ1) is 54.5. The minimum atomic E-state index is 0. The first-order valence-corrected chi connectivity index (χ1v) is 25.4. The molecule has 55 heavy (non-hydrogen) atoms. The van der Waals surface area contributed by atoms with Gasteiger partial charge in [-0.3, -0.25) is 0 Å². The molecule has 2 unspecified atom stereocenters. The van der Waals surface area contributed by atoms with Gasteiger partial charge in [-0.15, -0.1) is 0 Å². The van der Waals surface area contributed by atoms with E-state index in [1.165, 1.54) is 267 Å². The van der Waals surface area contributed by atoms with Crippen LogP contribution in [-0.4, -0.2) is 24.1 Å². The molecule has 0 saturated carbocycles. The molecule has 0 fully saturated rings. The number of quaternary nitrogens is 1. The highest BCUT2D eigenvalue weighted by Gasteiger charge is 2.46. The van der Waals surface area contributed by atoms with Gasteiger partial charge in [0.2, 0.25) is 0 Å². The number of hydrogen-bond donors (Lipinski definition) is 0. The number of aryl methyl sites for hydroxylation is 1. The molecule has 0 spiro atoms. The van der Waals surface area contributed by atoms with Crippen LogP contribution < -0.4 is 12.4 Å². The molecule has 0 heterocycles. The van der Waals surface area contributed by atoms with Gasteiger partial charge in [-0.05, 0) is 57.9 Å². The van der Waals surface area contributed by atoms with Crippen LogP contribution in [0.4, 0.5) is 0 Å². The number of benzene rings is 1. The molecule has 1 aromatic carbocycles. The molecule has 2 heteroatoms. The van der Waals surface area contributed by atoms with Crippen molar-refractivity contribution < 1.29 is 16.9 Å². The third-order valence-electron chi connectivity index (χ3n) is 13.8. The van der Waals surface area contributed by atoms with Crippen LogP contribution in [0.15, 0.2) is 24.3 Å². The van der Waals surface area contributed by atoms with Crippen LogP contribution in [0.1, 0.15) is 283 Å². The van der Waals surface area contributed by atoms with Gasteiger partial charge in [0.1, 0.15) is 5.54 Å². The van der Waals surface area contributed by atoms with E-state index >= 15 is 0 Å². The van der Waals surface area contributed by atoms with Crippen LogP contribution in [0.25, 0.3) is 0 Å². The van der Waals surface area contributed by atoms with Crippen molar-refractivity contribution in [1.82, 2.24) is 0 Å². The summed E-state index contributed by atoms with van der Waals surface area (Å²) >= 11 is 0. The number of hydrogen-bond acceptors (Lipinski definition) is 0. The zero-order chi connectivity index (χ0) is 39.3. The maximum atomic E-state index is 2.69. The van der Waals surface area contributed by atoms with E-state index in [4.69, 9.17) is 0 Å². The second-order valence-electron chi connectivity index (χ2n) is 18.4. The molecular formula is C53H102ClN. The zero-order valence-electron chi connectivity index (χ0n) is 38.9. The molecule has 0 bridgehead atoms. The minimum Gasteiger partial charge on any atom is -1.00 e. The van der Waals surface area contributed by atoms with E-state index in [9.17, 15) is 0 Å². The molecule has 1 rings (SSSR count). The van der Waals surface area contributed by atoms with Crippen LogP contribution >= 0.6 is 0 Å². The Balaban J connectivity index is 0.0000292. The molecule has 0 aliphatic carbocycles. The van der Waals surface area contributed by atoms with Crippen molar-refractivity contribution in [3.63, 3.8) is 0 Å². The molecular weight excluding hydrogens is 686 g/mol. The molecule has 1 nitrogen and oxygen atoms in total. The average Bonchev–Trinajstić information content (AvgIpc) is 3.18. The Labute approximate surface area is 355 Å². The van der Waals surface area contributed by atoms with E-state index in [0.29, 0.717) is 0 Å². The molecule has 0 radical (unpaired) electrons. The average molecular weight is 789 g/mol. The normalized spacial score (nSPS) is 13.8. The van der Waals surface area contributed by atoms with Crippen molar-refractivity contribution in [2.24, 2.45) is 0 Å². The Morgan fingerprint density at radius 3 is 0.836 bits per heavy atom. The maximum absolute atomic E-state index is 2.69. The largest absolute Gasteiger partial charge is 1.00 e.